The van der Waals surface area contributed by atoms with Crippen molar-refractivity contribution in [1.29, 1.82) is 0 Å². The number of anilines is 3. The number of nitrogens with zero attached hydrogens (tertiary/aromatic N) is 7. The van der Waals surface area contributed by atoms with Crippen LogP contribution in [0.5, 0.6) is 0 Å². The summed E-state index contributed by atoms with van der Waals surface area (Å²) in [6.45, 7) is 6.59. The highest BCUT2D eigenvalue weighted by atomic mass is 32.2. The molecular formula is C21H28N8O3S. The fourth-order valence-corrected chi connectivity index (χ4v) is 7.08. The number of hydrogen-bond donors (Lipinski definition) is 1. The second-order valence-corrected chi connectivity index (χ2v) is 11.7. The highest BCUT2D eigenvalue weighted by Crippen LogP contribution is 2.43. The van der Waals surface area contributed by atoms with E-state index in [1.165, 1.54) is 0 Å². The Morgan fingerprint density at radius 1 is 1.09 bits per heavy atom. The van der Waals surface area contributed by atoms with Crippen LogP contribution in [0.25, 0.3) is 11.3 Å². The van der Waals surface area contributed by atoms with Gasteiger partial charge in [0.2, 0.25) is 21.9 Å². The maximum Gasteiger partial charge on any atom is 0.228 e. The molecule has 3 fully saturated rings. The van der Waals surface area contributed by atoms with Crippen LogP contribution in [-0.2, 0) is 21.2 Å². The number of nitrogen functional groups attached to an aromatic ring is 1. The third kappa shape index (κ3) is 3.51. The van der Waals surface area contributed by atoms with Gasteiger partial charge in [0.15, 0.2) is 0 Å². The number of ether oxygens (including phenoxy) is 1. The Hall–Kier alpha value is -2.57. The predicted molar refractivity (Wildman–Crippen MR) is 123 cm³/mol. The largest absolute Gasteiger partial charge is 0.378 e. The monoisotopic (exact) mass is 472 g/mol. The van der Waals surface area contributed by atoms with E-state index >= 15 is 0 Å². The van der Waals surface area contributed by atoms with Gasteiger partial charge in [0, 0.05) is 56.2 Å². The Morgan fingerprint density at radius 3 is 2.45 bits per heavy atom. The summed E-state index contributed by atoms with van der Waals surface area (Å²) < 4.78 is 32.5. The van der Waals surface area contributed by atoms with Crippen molar-refractivity contribution in [2.24, 2.45) is 0 Å². The third-order valence-corrected chi connectivity index (χ3v) is 9.34. The van der Waals surface area contributed by atoms with E-state index in [0.29, 0.717) is 32.3 Å². The minimum absolute atomic E-state index is 0.180. The van der Waals surface area contributed by atoms with Gasteiger partial charge in [0.05, 0.1) is 29.7 Å². The fourth-order valence-electron chi connectivity index (χ4n) is 5.01. The molecule has 0 amide bonds. The van der Waals surface area contributed by atoms with Gasteiger partial charge < -0.3 is 20.3 Å². The molecule has 0 unspecified atom stereocenters. The summed E-state index contributed by atoms with van der Waals surface area (Å²) in [7, 11) is -3.16. The van der Waals surface area contributed by atoms with Crippen LogP contribution in [0.4, 0.5) is 17.7 Å². The second kappa shape index (κ2) is 7.47. The van der Waals surface area contributed by atoms with Gasteiger partial charge in [-0.25, -0.2) is 23.4 Å². The summed E-state index contributed by atoms with van der Waals surface area (Å²) in [5, 5.41) is -0.180. The van der Waals surface area contributed by atoms with E-state index in [1.54, 1.807) is 16.7 Å². The summed E-state index contributed by atoms with van der Waals surface area (Å²) in [4.78, 5) is 22.6. The van der Waals surface area contributed by atoms with Crippen LogP contribution >= 0.6 is 0 Å². The molecule has 2 N–H and O–H groups in total. The highest BCUT2D eigenvalue weighted by molar-refractivity contribution is 7.90. The number of morpholine rings is 1. The normalized spacial score (nSPS) is 22.8. The Balaban J connectivity index is 1.37. The number of sulfonamides is 1. The van der Waals surface area contributed by atoms with E-state index in [0.717, 1.165) is 61.5 Å². The standard InChI is InChI=1S/C21H28N8O3S/c1-21(12-28(13-21)33(30,31)15-2-3-15)29-5-4-16-17(14-10-23-19(22)24-11-14)25-20(26-18(16)29)27-6-8-32-9-7-27/h10-11,15H,2-9,12-13H2,1H3,(H2,22,23,24). The SMILES string of the molecule is CC1(N2CCc3c(-c4cnc(N)nc4)nc(N4CCOCC4)nc32)CN(S(=O)(=O)C2CC2)C1. The zero-order valence-corrected chi connectivity index (χ0v) is 19.5. The number of rotatable bonds is 5. The molecule has 3 aliphatic heterocycles. The summed E-state index contributed by atoms with van der Waals surface area (Å²) in [6, 6.07) is 0. The van der Waals surface area contributed by atoms with Crippen molar-refractivity contribution in [3.05, 3.63) is 18.0 Å². The van der Waals surface area contributed by atoms with Crippen molar-refractivity contribution >= 4 is 27.7 Å². The minimum atomic E-state index is -3.16. The van der Waals surface area contributed by atoms with Crippen LogP contribution in [0, 0.1) is 0 Å². The van der Waals surface area contributed by atoms with E-state index in [-0.39, 0.29) is 16.7 Å². The maximum absolute atomic E-state index is 12.7. The minimum Gasteiger partial charge on any atom is -0.378 e. The molecule has 176 valence electrons. The molecule has 2 aromatic heterocycles. The van der Waals surface area contributed by atoms with Crippen molar-refractivity contribution < 1.29 is 13.2 Å². The lowest BCUT2D eigenvalue weighted by molar-refractivity contribution is 0.122. The summed E-state index contributed by atoms with van der Waals surface area (Å²) >= 11 is 0. The van der Waals surface area contributed by atoms with Gasteiger partial charge in [0.25, 0.3) is 0 Å². The van der Waals surface area contributed by atoms with Crippen molar-refractivity contribution in [3.63, 3.8) is 0 Å². The summed E-state index contributed by atoms with van der Waals surface area (Å²) in [6.07, 6.45) is 5.75. The lowest BCUT2D eigenvalue weighted by atomic mass is 9.93. The van der Waals surface area contributed by atoms with Crippen molar-refractivity contribution in [3.8, 4) is 11.3 Å². The first-order valence-electron chi connectivity index (χ1n) is 11.4. The molecule has 0 bridgehead atoms. The van der Waals surface area contributed by atoms with Gasteiger partial charge in [-0.15, -0.1) is 0 Å². The molecule has 1 aliphatic carbocycles. The average molecular weight is 473 g/mol. The molecule has 12 heteroatoms. The fraction of sp³-hybridized carbons (Fsp3) is 0.619. The van der Waals surface area contributed by atoms with Crippen LogP contribution in [-0.4, -0.2) is 89.4 Å². The van der Waals surface area contributed by atoms with E-state index in [9.17, 15) is 8.42 Å². The first-order valence-corrected chi connectivity index (χ1v) is 12.9. The molecule has 0 aromatic carbocycles. The number of nitrogens with two attached hydrogens (primary N) is 1. The first kappa shape index (κ1) is 21.0. The molecule has 2 saturated heterocycles. The topological polar surface area (TPSA) is 131 Å². The molecular weight excluding hydrogens is 444 g/mol. The maximum atomic E-state index is 12.7. The van der Waals surface area contributed by atoms with E-state index in [2.05, 4.69) is 26.7 Å². The van der Waals surface area contributed by atoms with Gasteiger partial charge in [0.1, 0.15) is 5.82 Å². The molecule has 6 rings (SSSR count). The second-order valence-electron chi connectivity index (χ2n) is 9.51. The average Bonchev–Trinajstić information content (AvgIpc) is 3.58. The number of hydrogen-bond acceptors (Lipinski definition) is 10. The van der Waals surface area contributed by atoms with Gasteiger partial charge in [-0.1, -0.05) is 0 Å². The third-order valence-electron chi connectivity index (χ3n) is 7.04. The number of fused-ring (bicyclic) bond motifs is 1. The van der Waals surface area contributed by atoms with Crippen LogP contribution in [0.15, 0.2) is 12.4 Å². The van der Waals surface area contributed by atoms with Crippen molar-refractivity contribution in [1.82, 2.24) is 24.2 Å². The predicted octanol–water partition coefficient (Wildman–Crippen LogP) is 0.281. The molecule has 4 aliphatic rings. The molecule has 1 saturated carbocycles. The van der Waals surface area contributed by atoms with Crippen LogP contribution in [0.1, 0.15) is 25.3 Å². The Labute approximate surface area is 193 Å². The Kier molecular flexibility index (Phi) is 4.75. The lowest BCUT2D eigenvalue weighted by Gasteiger charge is -2.52. The Bertz CT molecular complexity index is 1170. The molecule has 5 heterocycles. The van der Waals surface area contributed by atoms with Gasteiger partial charge in [-0.05, 0) is 26.2 Å². The summed E-state index contributed by atoms with van der Waals surface area (Å²) in [5.41, 5.74) is 8.07. The summed E-state index contributed by atoms with van der Waals surface area (Å²) in [5.74, 6) is 1.75. The zero-order valence-electron chi connectivity index (χ0n) is 18.6. The number of aromatic nitrogens is 4. The molecule has 33 heavy (non-hydrogen) atoms. The quantitative estimate of drug-likeness (QED) is 0.647. The molecule has 0 radical (unpaired) electrons. The van der Waals surface area contributed by atoms with Gasteiger partial charge in [-0.2, -0.15) is 9.29 Å². The molecule has 0 atom stereocenters. The van der Waals surface area contributed by atoms with E-state index in [1.807, 2.05) is 0 Å². The molecule has 11 nitrogen and oxygen atoms in total. The van der Waals surface area contributed by atoms with Crippen molar-refractivity contribution in [2.75, 3.05) is 61.5 Å². The highest BCUT2D eigenvalue weighted by Gasteiger charge is 2.54. The van der Waals surface area contributed by atoms with Crippen LogP contribution in [0.2, 0.25) is 0 Å². The van der Waals surface area contributed by atoms with E-state index in [4.69, 9.17) is 20.4 Å². The smallest absolute Gasteiger partial charge is 0.228 e. The van der Waals surface area contributed by atoms with Gasteiger partial charge in [-0.3, -0.25) is 0 Å². The van der Waals surface area contributed by atoms with Crippen LogP contribution < -0.4 is 15.5 Å². The van der Waals surface area contributed by atoms with E-state index < -0.39 is 10.0 Å². The van der Waals surface area contributed by atoms with Crippen molar-refractivity contribution in [2.45, 2.75) is 37.0 Å². The zero-order chi connectivity index (χ0) is 22.8. The Morgan fingerprint density at radius 2 is 1.79 bits per heavy atom. The molecule has 2 aromatic rings. The van der Waals surface area contributed by atoms with Gasteiger partial charge >= 0.3 is 0 Å². The first-order chi connectivity index (χ1) is 15.8. The molecule has 0 spiro atoms. The lowest BCUT2D eigenvalue weighted by Crippen LogP contribution is -2.70. The van der Waals surface area contributed by atoms with Crippen LogP contribution in [0.3, 0.4) is 0 Å².